The van der Waals surface area contributed by atoms with Crippen LogP contribution >= 0.6 is 0 Å². The van der Waals surface area contributed by atoms with E-state index in [9.17, 15) is 24.0 Å². The number of rotatable bonds is 11. The van der Waals surface area contributed by atoms with E-state index >= 15 is 0 Å². The summed E-state index contributed by atoms with van der Waals surface area (Å²) in [4.78, 5) is 71.2. The molecule has 12 nitrogen and oxygen atoms in total. The van der Waals surface area contributed by atoms with Crippen molar-refractivity contribution in [1.82, 2.24) is 20.0 Å². The molecule has 0 bridgehead atoms. The Bertz CT molecular complexity index is 1290. The van der Waals surface area contributed by atoms with Crippen LogP contribution in [0.4, 0.5) is 4.79 Å². The number of benzene rings is 1. The number of hydrogen-bond acceptors (Lipinski definition) is 8. The van der Waals surface area contributed by atoms with E-state index in [-0.39, 0.29) is 38.6 Å². The quantitative estimate of drug-likeness (QED) is 0.298. The first-order valence-corrected chi connectivity index (χ1v) is 15.2. The molecule has 4 rings (SSSR count). The molecule has 12 heteroatoms. The molecular formula is C32H44N4O8. The second-order valence-corrected chi connectivity index (χ2v) is 12.4. The molecule has 0 unspecified atom stereocenters. The van der Waals surface area contributed by atoms with Crippen LogP contribution in [0.5, 0.6) is 5.75 Å². The van der Waals surface area contributed by atoms with Gasteiger partial charge < -0.3 is 34.2 Å². The number of fused-ring (bicyclic) bond motifs is 1. The molecule has 2 atom stereocenters. The van der Waals surface area contributed by atoms with E-state index in [2.05, 4.69) is 5.32 Å². The minimum atomic E-state index is -1.60. The van der Waals surface area contributed by atoms with Gasteiger partial charge in [0.1, 0.15) is 16.8 Å². The summed E-state index contributed by atoms with van der Waals surface area (Å²) >= 11 is 0. The highest BCUT2D eigenvalue weighted by atomic mass is 16.6. The van der Waals surface area contributed by atoms with Crippen molar-refractivity contribution < 1.29 is 38.2 Å². The zero-order valence-corrected chi connectivity index (χ0v) is 26.3. The van der Waals surface area contributed by atoms with Gasteiger partial charge in [0.25, 0.3) is 0 Å². The molecule has 240 valence electrons. The summed E-state index contributed by atoms with van der Waals surface area (Å²) in [7, 11) is 1.57. The van der Waals surface area contributed by atoms with E-state index in [1.54, 1.807) is 57.9 Å². The molecule has 2 saturated heterocycles. The van der Waals surface area contributed by atoms with Gasteiger partial charge >= 0.3 is 12.1 Å². The molecule has 2 fully saturated rings. The molecule has 44 heavy (non-hydrogen) atoms. The fourth-order valence-corrected chi connectivity index (χ4v) is 6.05. The number of carbonyl (C=O) groups excluding carboxylic acids is 5. The number of methoxy groups -OCH3 is 1. The molecule has 3 heterocycles. The number of ether oxygens (including phenoxy) is 3. The second-order valence-electron chi connectivity index (χ2n) is 12.4. The van der Waals surface area contributed by atoms with Gasteiger partial charge in [-0.25, -0.2) is 4.79 Å². The van der Waals surface area contributed by atoms with E-state index < -0.39 is 40.8 Å². The Balaban J connectivity index is 1.62. The van der Waals surface area contributed by atoms with Crippen molar-refractivity contribution in [3.63, 3.8) is 0 Å². The lowest BCUT2D eigenvalue weighted by molar-refractivity contribution is -0.158. The first kappa shape index (κ1) is 32.8. The fraction of sp³-hybridized carbons (Fsp3) is 0.594. The Morgan fingerprint density at radius 2 is 1.84 bits per heavy atom. The van der Waals surface area contributed by atoms with Crippen LogP contribution in [-0.4, -0.2) is 96.5 Å². The zero-order chi connectivity index (χ0) is 32.1. The highest BCUT2D eigenvalue weighted by Crippen LogP contribution is 2.51. The Morgan fingerprint density at radius 1 is 1.11 bits per heavy atom. The number of likely N-dealkylation sites (tertiary alicyclic amines) is 2. The summed E-state index contributed by atoms with van der Waals surface area (Å²) in [5, 5.41) is 2.86. The number of nitrogens with zero attached hydrogens (tertiary/aromatic N) is 3. The average molecular weight is 613 g/mol. The summed E-state index contributed by atoms with van der Waals surface area (Å²) in [6, 6.07) is 7.24. The van der Waals surface area contributed by atoms with Gasteiger partial charge in [0.2, 0.25) is 17.7 Å². The predicted octanol–water partition coefficient (Wildman–Crippen LogP) is 2.86. The second kappa shape index (κ2) is 13.7. The van der Waals surface area contributed by atoms with E-state index in [1.807, 2.05) is 12.1 Å². The minimum absolute atomic E-state index is 0.0567. The van der Waals surface area contributed by atoms with Crippen LogP contribution in [0.1, 0.15) is 58.9 Å². The van der Waals surface area contributed by atoms with Crippen LogP contribution in [0.15, 0.2) is 36.0 Å². The summed E-state index contributed by atoms with van der Waals surface area (Å²) < 4.78 is 16.4. The molecule has 1 aromatic carbocycles. The van der Waals surface area contributed by atoms with Crippen LogP contribution in [0.2, 0.25) is 0 Å². The van der Waals surface area contributed by atoms with Crippen molar-refractivity contribution in [2.45, 2.75) is 65.5 Å². The van der Waals surface area contributed by atoms with Crippen LogP contribution in [0.3, 0.4) is 0 Å². The first-order chi connectivity index (χ1) is 20.9. The molecule has 1 N–H and O–H groups in total. The van der Waals surface area contributed by atoms with Gasteiger partial charge in [-0.1, -0.05) is 12.1 Å². The van der Waals surface area contributed by atoms with E-state index in [4.69, 9.17) is 14.2 Å². The largest absolute Gasteiger partial charge is 0.497 e. The molecule has 0 spiro atoms. The Morgan fingerprint density at radius 3 is 2.45 bits per heavy atom. The summed E-state index contributed by atoms with van der Waals surface area (Å²) in [5.41, 5.74) is -1.16. The monoisotopic (exact) mass is 612 g/mol. The van der Waals surface area contributed by atoms with Gasteiger partial charge in [-0.2, -0.15) is 0 Å². The molecule has 0 aliphatic carbocycles. The normalized spacial score (nSPS) is 21.6. The van der Waals surface area contributed by atoms with Gasteiger partial charge in [0, 0.05) is 51.3 Å². The van der Waals surface area contributed by atoms with Gasteiger partial charge in [-0.05, 0) is 64.3 Å². The molecule has 0 radical (unpaired) electrons. The molecule has 0 saturated carbocycles. The lowest BCUT2D eigenvalue weighted by Crippen LogP contribution is -2.54. The van der Waals surface area contributed by atoms with Crippen LogP contribution in [-0.2, 0) is 35.2 Å². The number of nitrogens with one attached hydrogen (secondary N) is 1. The smallest absolute Gasteiger partial charge is 0.410 e. The van der Waals surface area contributed by atoms with Crippen molar-refractivity contribution in [3.05, 3.63) is 41.6 Å². The third-order valence-corrected chi connectivity index (χ3v) is 8.13. The van der Waals surface area contributed by atoms with Gasteiger partial charge in [0.05, 0.1) is 26.2 Å². The van der Waals surface area contributed by atoms with Crippen molar-refractivity contribution in [3.8, 4) is 5.75 Å². The van der Waals surface area contributed by atoms with Crippen molar-refractivity contribution in [2.24, 2.45) is 11.3 Å². The SMILES string of the molecule is CCOC(=O)[C@@]12CN(C(=O)OC(C)(C)C)CC=C1N(Cc1ccc(OC)cc1)C(=O)[C@H]2CC(=O)NCCCN1CCCC1=O. The summed E-state index contributed by atoms with van der Waals surface area (Å²) in [5.74, 6) is -1.81. The maximum atomic E-state index is 14.2. The maximum Gasteiger partial charge on any atom is 0.410 e. The van der Waals surface area contributed by atoms with Crippen molar-refractivity contribution in [1.29, 1.82) is 0 Å². The van der Waals surface area contributed by atoms with Gasteiger partial charge in [-0.15, -0.1) is 0 Å². The Labute approximate surface area is 258 Å². The number of amides is 4. The topological polar surface area (TPSA) is 135 Å². The fourth-order valence-electron chi connectivity index (χ4n) is 6.05. The lowest BCUT2D eigenvalue weighted by atomic mass is 9.71. The standard InChI is InChI=1S/C32H44N4O8/c1-6-43-29(40)32-21-35(30(41)44-31(2,3)4)18-14-25(32)36(20-22-10-12-23(42-5)13-11-22)28(39)24(32)19-26(37)33-15-8-17-34-16-7-9-27(34)38/h10-14,24H,6-9,15-21H2,1-5H3,(H,33,37)/t24-,32-/m1/s1. The minimum Gasteiger partial charge on any atom is -0.497 e. The molecule has 1 aromatic rings. The zero-order valence-electron chi connectivity index (χ0n) is 26.3. The highest BCUT2D eigenvalue weighted by Gasteiger charge is 2.64. The molecule has 4 amide bonds. The number of esters is 1. The Hall–Kier alpha value is -4.09. The first-order valence-electron chi connectivity index (χ1n) is 15.2. The van der Waals surface area contributed by atoms with E-state index in [0.29, 0.717) is 37.4 Å². The third-order valence-electron chi connectivity index (χ3n) is 8.13. The number of hydrogen-bond donors (Lipinski definition) is 1. The summed E-state index contributed by atoms with van der Waals surface area (Å²) in [6.45, 7) is 8.66. The van der Waals surface area contributed by atoms with Crippen LogP contribution in [0, 0.1) is 11.3 Å². The maximum absolute atomic E-state index is 14.2. The predicted molar refractivity (Wildman–Crippen MR) is 160 cm³/mol. The molecule has 0 aromatic heterocycles. The van der Waals surface area contributed by atoms with Crippen molar-refractivity contribution in [2.75, 3.05) is 46.4 Å². The Kier molecular flexibility index (Phi) is 10.2. The van der Waals surface area contributed by atoms with Crippen LogP contribution < -0.4 is 10.1 Å². The van der Waals surface area contributed by atoms with Gasteiger partial charge in [-0.3, -0.25) is 19.2 Å². The highest BCUT2D eigenvalue weighted by molar-refractivity contribution is 5.99. The van der Waals surface area contributed by atoms with Crippen LogP contribution in [0.25, 0.3) is 0 Å². The summed E-state index contributed by atoms with van der Waals surface area (Å²) in [6.07, 6.45) is 2.75. The average Bonchev–Trinajstić information content (AvgIpc) is 3.49. The molecular weight excluding hydrogens is 568 g/mol. The molecule has 3 aliphatic heterocycles. The van der Waals surface area contributed by atoms with E-state index in [1.165, 1.54) is 9.80 Å². The number of carbonyl (C=O) groups is 5. The third kappa shape index (κ3) is 7.16. The van der Waals surface area contributed by atoms with E-state index in [0.717, 1.165) is 18.5 Å². The van der Waals surface area contributed by atoms with Crippen molar-refractivity contribution >= 4 is 29.8 Å². The lowest BCUT2D eigenvalue weighted by Gasteiger charge is -2.40. The molecule has 3 aliphatic rings. The van der Waals surface area contributed by atoms with Gasteiger partial charge in [0.15, 0.2) is 0 Å².